The first-order valence-electron chi connectivity index (χ1n) is 3.72. The fraction of sp³-hybridized carbons (Fsp3) is 0.200. The van der Waals surface area contributed by atoms with Gasteiger partial charge in [0, 0.05) is 5.88 Å². The number of benzene rings is 1. The van der Waals surface area contributed by atoms with Gasteiger partial charge in [0.2, 0.25) is 0 Å². The van der Waals surface area contributed by atoms with E-state index in [0.717, 1.165) is 11.1 Å². The van der Waals surface area contributed by atoms with E-state index >= 15 is 0 Å². The lowest BCUT2D eigenvalue weighted by atomic mass is 10.1. The Hall–Kier alpha value is -0.820. The van der Waals surface area contributed by atoms with Crippen LogP contribution in [0.15, 0.2) is 24.3 Å². The molecule has 0 unspecified atom stereocenters. The van der Waals surface area contributed by atoms with Gasteiger partial charge in [-0.3, -0.25) is 0 Å². The maximum absolute atomic E-state index is 12.7. The number of aryl methyl sites for hydroxylation is 1. The van der Waals surface area contributed by atoms with Crippen LogP contribution >= 0.6 is 11.6 Å². The number of allylic oxidation sites excluding steroid dienone is 1. The van der Waals surface area contributed by atoms with Gasteiger partial charge in [-0.15, -0.1) is 11.6 Å². The third kappa shape index (κ3) is 2.35. The second-order valence-electron chi connectivity index (χ2n) is 2.56. The van der Waals surface area contributed by atoms with Crippen LogP contribution in [0.5, 0.6) is 0 Å². The Morgan fingerprint density at radius 3 is 2.92 bits per heavy atom. The molecule has 0 N–H and O–H groups in total. The summed E-state index contributed by atoms with van der Waals surface area (Å²) in [5, 5.41) is 0. The van der Waals surface area contributed by atoms with Crippen molar-refractivity contribution in [2.24, 2.45) is 0 Å². The Kier molecular flexibility index (Phi) is 3.30. The van der Waals surface area contributed by atoms with E-state index in [1.807, 2.05) is 13.0 Å². The third-order valence-corrected chi connectivity index (χ3v) is 1.81. The smallest absolute Gasteiger partial charge is 0.123 e. The zero-order valence-corrected chi connectivity index (χ0v) is 7.61. The molecule has 0 saturated carbocycles. The van der Waals surface area contributed by atoms with Crippen LogP contribution in [-0.2, 0) is 0 Å². The summed E-state index contributed by atoms with van der Waals surface area (Å²) >= 11 is 5.46. The van der Waals surface area contributed by atoms with Gasteiger partial charge >= 0.3 is 0 Å². The molecule has 0 radical (unpaired) electrons. The van der Waals surface area contributed by atoms with Crippen LogP contribution in [0.4, 0.5) is 4.39 Å². The predicted octanol–water partition coefficient (Wildman–Crippen LogP) is 3.39. The highest BCUT2D eigenvalue weighted by molar-refractivity contribution is 6.19. The molecule has 1 aromatic carbocycles. The molecule has 64 valence electrons. The zero-order valence-electron chi connectivity index (χ0n) is 6.85. The molecule has 1 aromatic rings. The maximum Gasteiger partial charge on any atom is 0.123 e. The van der Waals surface area contributed by atoms with E-state index in [2.05, 4.69) is 0 Å². The Labute approximate surface area is 76.7 Å². The molecule has 0 aliphatic carbocycles. The van der Waals surface area contributed by atoms with Crippen molar-refractivity contribution in [3.63, 3.8) is 0 Å². The van der Waals surface area contributed by atoms with Gasteiger partial charge in [0.1, 0.15) is 5.82 Å². The number of hydrogen-bond acceptors (Lipinski definition) is 0. The van der Waals surface area contributed by atoms with E-state index in [9.17, 15) is 4.39 Å². The predicted molar refractivity (Wildman–Crippen MR) is 50.9 cm³/mol. The van der Waals surface area contributed by atoms with Crippen molar-refractivity contribution in [2.45, 2.75) is 6.92 Å². The summed E-state index contributed by atoms with van der Waals surface area (Å²) < 4.78 is 12.7. The number of alkyl halides is 1. The van der Waals surface area contributed by atoms with Gasteiger partial charge in [0.15, 0.2) is 0 Å². The summed E-state index contributed by atoms with van der Waals surface area (Å²) in [6, 6.07) is 4.70. The quantitative estimate of drug-likeness (QED) is 0.619. The number of hydrogen-bond donors (Lipinski definition) is 0. The van der Waals surface area contributed by atoms with Crippen molar-refractivity contribution in [3.8, 4) is 0 Å². The second-order valence-corrected chi connectivity index (χ2v) is 2.87. The van der Waals surface area contributed by atoms with Crippen LogP contribution < -0.4 is 0 Å². The summed E-state index contributed by atoms with van der Waals surface area (Å²) in [6.45, 7) is 1.94. The second kappa shape index (κ2) is 4.27. The first kappa shape index (κ1) is 9.27. The van der Waals surface area contributed by atoms with E-state index < -0.39 is 0 Å². The molecule has 0 nitrogen and oxygen atoms in total. The summed E-state index contributed by atoms with van der Waals surface area (Å²) in [6.07, 6.45) is 3.62. The summed E-state index contributed by atoms with van der Waals surface area (Å²) in [4.78, 5) is 0. The largest absolute Gasteiger partial charge is 0.207 e. The van der Waals surface area contributed by atoms with Gasteiger partial charge in [0.05, 0.1) is 0 Å². The van der Waals surface area contributed by atoms with Crippen molar-refractivity contribution < 1.29 is 4.39 Å². The van der Waals surface area contributed by atoms with Crippen LogP contribution in [0.2, 0.25) is 0 Å². The highest BCUT2D eigenvalue weighted by atomic mass is 35.5. The standard InChI is InChI=1S/C10H10ClF/c1-8-4-5-10(12)7-9(8)3-2-6-11/h2-5,7H,6H2,1H3/b3-2+. The fourth-order valence-electron chi connectivity index (χ4n) is 0.962. The Bertz CT molecular complexity index is 292. The third-order valence-electron chi connectivity index (χ3n) is 1.63. The lowest BCUT2D eigenvalue weighted by Gasteiger charge is -1.98. The van der Waals surface area contributed by atoms with E-state index in [4.69, 9.17) is 11.6 Å². The topological polar surface area (TPSA) is 0 Å². The van der Waals surface area contributed by atoms with Crippen molar-refractivity contribution >= 4 is 17.7 Å². The average molecular weight is 185 g/mol. The lowest BCUT2D eigenvalue weighted by molar-refractivity contribution is 0.627. The summed E-state index contributed by atoms with van der Waals surface area (Å²) in [5.74, 6) is 0.241. The van der Waals surface area contributed by atoms with Crippen LogP contribution in [0.25, 0.3) is 6.08 Å². The van der Waals surface area contributed by atoms with Crippen molar-refractivity contribution in [1.82, 2.24) is 0 Å². The monoisotopic (exact) mass is 184 g/mol. The summed E-state index contributed by atoms with van der Waals surface area (Å²) in [5.41, 5.74) is 1.94. The molecule has 12 heavy (non-hydrogen) atoms. The van der Waals surface area contributed by atoms with Gasteiger partial charge < -0.3 is 0 Å². The highest BCUT2D eigenvalue weighted by Crippen LogP contribution is 2.11. The Balaban J connectivity index is 2.97. The summed E-state index contributed by atoms with van der Waals surface area (Å²) in [7, 11) is 0. The Morgan fingerprint density at radius 1 is 1.50 bits per heavy atom. The molecule has 1 rings (SSSR count). The molecule has 2 heteroatoms. The molecule has 0 saturated heterocycles. The van der Waals surface area contributed by atoms with E-state index in [1.165, 1.54) is 12.1 Å². The SMILES string of the molecule is Cc1ccc(F)cc1/C=C/CCl. The van der Waals surface area contributed by atoms with Gasteiger partial charge in [0.25, 0.3) is 0 Å². The molecule has 0 aliphatic rings. The Morgan fingerprint density at radius 2 is 2.25 bits per heavy atom. The normalized spacial score (nSPS) is 10.9. The molecule has 0 aromatic heterocycles. The van der Waals surface area contributed by atoms with Crippen molar-refractivity contribution in [2.75, 3.05) is 5.88 Å². The average Bonchev–Trinajstić information content (AvgIpc) is 2.07. The molecule has 0 spiro atoms. The molecule has 0 aliphatic heterocycles. The first-order valence-corrected chi connectivity index (χ1v) is 4.26. The van der Waals surface area contributed by atoms with Crippen LogP contribution in [-0.4, -0.2) is 5.88 Å². The molecule has 0 amide bonds. The highest BCUT2D eigenvalue weighted by Gasteiger charge is 1.95. The van der Waals surface area contributed by atoms with Gasteiger partial charge in [-0.1, -0.05) is 18.2 Å². The zero-order chi connectivity index (χ0) is 8.97. The lowest BCUT2D eigenvalue weighted by Crippen LogP contribution is -1.82. The minimum Gasteiger partial charge on any atom is -0.207 e. The molecular weight excluding hydrogens is 175 g/mol. The maximum atomic E-state index is 12.7. The van der Waals surface area contributed by atoms with E-state index in [-0.39, 0.29) is 5.82 Å². The van der Waals surface area contributed by atoms with Gasteiger partial charge in [-0.2, -0.15) is 0 Å². The van der Waals surface area contributed by atoms with Crippen molar-refractivity contribution in [3.05, 3.63) is 41.2 Å². The molecule has 0 atom stereocenters. The fourth-order valence-corrected chi connectivity index (χ4v) is 1.05. The molecular formula is C10H10ClF. The number of halogens is 2. The molecule has 0 bridgehead atoms. The van der Waals surface area contributed by atoms with E-state index in [1.54, 1.807) is 12.1 Å². The van der Waals surface area contributed by atoms with Crippen LogP contribution in [0.1, 0.15) is 11.1 Å². The minimum absolute atomic E-state index is 0.213. The van der Waals surface area contributed by atoms with Crippen LogP contribution in [0, 0.1) is 12.7 Å². The molecule has 0 heterocycles. The molecule has 0 fully saturated rings. The minimum atomic E-state index is -0.213. The van der Waals surface area contributed by atoms with Gasteiger partial charge in [-0.25, -0.2) is 4.39 Å². The van der Waals surface area contributed by atoms with Gasteiger partial charge in [-0.05, 0) is 30.2 Å². The number of rotatable bonds is 2. The van der Waals surface area contributed by atoms with Crippen molar-refractivity contribution in [1.29, 1.82) is 0 Å². The van der Waals surface area contributed by atoms with E-state index in [0.29, 0.717) is 5.88 Å². The first-order chi connectivity index (χ1) is 5.74. The van der Waals surface area contributed by atoms with Crippen LogP contribution in [0.3, 0.4) is 0 Å².